The van der Waals surface area contributed by atoms with E-state index in [1.165, 1.54) is 0 Å². The van der Waals surface area contributed by atoms with Crippen molar-refractivity contribution in [2.24, 2.45) is 0 Å². The van der Waals surface area contributed by atoms with Gasteiger partial charge < -0.3 is 18.7 Å². The lowest BCUT2D eigenvalue weighted by atomic mass is 10.2. The van der Waals surface area contributed by atoms with E-state index in [1.807, 2.05) is 0 Å². The number of aldehydes is 1. The highest BCUT2D eigenvalue weighted by molar-refractivity contribution is 6.74. The monoisotopic (exact) mass is 288 g/mol. The second kappa shape index (κ2) is 6.97. The molecular weight excluding hydrogens is 260 g/mol. The van der Waals surface area contributed by atoms with Crippen molar-refractivity contribution in [2.75, 3.05) is 13.2 Å². The largest absolute Gasteiger partial charge is 0.405 e. The van der Waals surface area contributed by atoms with Gasteiger partial charge in [0.05, 0.1) is 6.61 Å². The van der Waals surface area contributed by atoms with Crippen LogP contribution in [0, 0.1) is 0 Å². The summed E-state index contributed by atoms with van der Waals surface area (Å²) in [4.78, 5) is 11.2. The van der Waals surface area contributed by atoms with Crippen molar-refractivity contribution in [3.8, 4) is 0 Å². The smallest absolute Gasteiger partial charge is 0.193 e. The molecule has 1 fully saturated rings. The normalized spacial score (nSPS) is 23.1. The van der Waals surface area contributed by atoms with Gasteiger partial charge in [0.2, 0.25) is 0 Å². The molecule has 1 saturated heterocycles. The predicted molar refractivity (Wildman–Crippen MR) is 77.7 cm³/mol. The molecule has 112 valence electrons. The summed E-state index contributed by atoms with van der Waals surface area (Å²) in [6.07, 6.45) is 3.33. The summed E-state index contributed by atoms with van der Waals surface area (Å²) in [6.45, 7) is 11.8. The van der Waals surface area contributed by atoms with E-state index in [1.54, 1.807) is 0 Å². The van der Waals surface area contributed by atoms with Crippen LogP contribution in [0.25, 0.3) is 0 Å². The Morgan fingerprint density at radius 1 is 1.37 bits per heavy atom. The lowest BCUT2D eigenvalue weighted by Crippen LogP contribution is -2.46. The van der Waals surface area contributed by atoms with E-state index in [0.29, 0.717) is 6.61 Å². The first kappa shape index (κ1) is 16.8. The van der Waals surface area contributed by atoms with Crippen molar-refractivity contribution in [1.29, 1.82) is 0 Å². The van der Waals surface area contributed by atoms with Crippen LogP contribution >= 0.6 is 0 Å². The van der Waals surface area contributed by atoms with Crippen LogP contribution < -0.4 is 0 Å². The zero-order valence-electron chi connectivity index (χ0n) is 12.9. The third-order valence-corrected chi connectivity index (χ3v) is 8.49. The van der Waals surface area contributed by atoms with Gasteiger partial charge in [-0.3, -0.25) is 0 Å². The molecule has 0 aliphatic carbocycles. The molecule has 0 spiro atoms. The first-order valence-corrected chi connectivity index (χ1v) is 10.0. The highest BCUT2D eigenvalue weighted by Gasteiger charge is 2.39. The van der Waals surface area contributed by atoms with Crippen LogP contribution in [0.4, 0.5) is 0 Å². The van der Waals surface area contributed by atoms with Crippen LogP contribution in [0.3, 0.4) is 0 Å². The highest BCUT2D eigenvalue weighted by Crippen LogP contribution is 2.37. The Morgan fingerprint density at radius 2 is 2.05 bits per heavy atom. The number of carbonyl (C=O) groups excluding carboxylic acids is 1. The van der Waals surface area contributed by atoms with Crippen LogP contribution in [0.1, 0.15) is 40.0 Å². The van der Waals surface area contributed by atoms with Crippen LogP contribution in [-0.2, 0) is 18.7 Å². The first-order chi connectivity index (χ1) is 8.76. The maximum Gasteiger partial charge on any atom is 0.193 e. The molecule has 1 rings (SSSR count). The fraction of sp³-hybridized carbons (Fsp3) is 0.929. The van der Waals surface area contributed by atoms with Gasteiger partial charge in [0.25, 0.3) is 0 Å². The van der Waals surface area contributed by atoms with Crippen molar-refractivity contribution in [3.05, 3.63) is 0 Å². The summed E-state index contributed by atoms with van der Waals surface area (Å²) >= 11 is 0. The third kappa shape index (κ3) is 5.34. The van der Waals surface area contributed by atoms with Gasteiger partial charge in [-0.2, -0.15) is 0 Å². The molecule has 0 bridgehead atoms. The first-order valence-electron chi connectivity index (χ1n) is 7.12. The van der Waals surface area contributed by atoms with Crippen molar-refractivity contribution >= 4 is 14.6 Å². The van der Waals surface area contributed by atoms with E-state index in [4.69, 9.17) is 13.9 Å². The predicted octanol–water partition coefficient (Wildman–Crippen LogP) is 3.12. The Kier molecular flexibility index (Phi) is 6.17. The van der Waals surface area contributed by atoms with E-state index in [9.17, 15) is 4.79 Å². The summed E-state index contributed by atoms with van der Waals surface area (Å²) in [6, 6.07) is 0. The summed E-state index contributed by atoms with van der Waals surface area (Å²) in [5, 5.41) is 0.0929. The van der Waals surface area contributed by atoms with Crippen molar-refractivity contribution < 1.29 is 18.7 Å². The maximum absolute atomic E-state index is 11.2. The average molecular weight is 288 g/mol. The Bertz CT molecular complexity index is 280. The molecule has 1 aliphatic heterocycles. The Morgan fingerprint density at radius 3 is 2.53 bits per heavy atom. The second-order valence-electron chi connectivity index (χ2n) is 6.68. The number of hydrogen-bond donors (Lipinski definition) is 0. The minimum Gasteiger partial charge on any atom is -0.405 e. The van der Waals surface area contributed by atoms with Gasteiger partial charge >= 0.3 is 0 Å². The molecule has 0 aromatic rings. The molecule has 0 aromatic carbocycles. The van der Waals surface area contributed by atoms with Gasteiger partial charge in [0, 0.05) is 6.61 Å². The summed E-state index contributed by atoms with van der Waals surface area (Å²) in [5.74, 6) is 0. The lowest BCUT2D eigenvalue weighted by Gasteiger charge is -2.38. The summed E-state index contributed by atoms with van der Waals surface area (Å²) < 4.78 is 17.2. The second-order valence-corrected chi connectivity index (χ2v) is 11.4. The fourth-order valence-corrected chi connectivity index (χ4v) is 2.94. The standard InChI is InChI=1S/C14H28O4Si/c1-14(2,3)19(4,5)18-12(10-15)11-17-13-8-6-7-9-16-13/h10,12-13H,6-9,11H2,1-5H3/t12-,13-/m1/s1. The highest BCUT2D eigenvalue weighted by atomic mass is 28.4. The van der Waals surface area contributed by atoms with Crippen molar-refractivity contribution in [1.82, 2.24) is 0 Å². The van der Waals surface area contributed by atoms with Gasteiger partial charge in [0.1, 0.15) is 12.4 Å². The minimum absolute atomic E-state index is 0.0929. The molecule has 0 amide bonds. The fourth-order valence-electron chi connectivity index (χ4n) is 1.70. The topological polar surface area (TPSA) is 44.8 Å². The molecule has 1 aliphatic rings. The van der Waals surface area contributed by atoms with Gasteiger partial charge in [-0.05, 0) is 37.4 Å². The van der Waals surface area contributed by atoms with Crippen molar-refractivity contribution in [3.63, 3.8) is 0 Å². The van der Waals surface area contributed by atoms with Gasteiger partial charge in [-0.25, -0.2) is 0 Å². The molecule has 0 unspecified atom stereocenters. The molecule has 5 heteroatoms. The molecule has 0 N–H and O–H groups in total. The maximum atomic E-state index is 11.2. The van der Waals surface area contributed by atoms with E-state index in [-0.39, 0.29) is 11.3 Å². The molecule has 0 radical (unpaired) electrons. The molecule has 0 saturated carbocycles. The van der Waals surface area contributed by atoms with Crippen LogP contribution in [0.2, 0.25) is 18.1 Å². The Labute approximate surface area is 117 Å². The number of hydrogen-bond acceptors (Lipinski definition) is 4. The van der Waals surface area contributed by atoms with Crippen LogP contribution in [0.15, 0.2) is 0 Å². The Hall–Kier alpha value is -0.233. The van der Waals surface area contributed by atoms with E-state index < -0.39 is 14.4 Å². The lowest BCUT2D eigenvalue weighted by molar-refractivity contribution is -0.173. The Balaban J connectivity index is 2.43. The minimum atomic E-state index is -1.93. The van der Waals surface area contributed by atoms with Gasteiger partial charge in [-0.15, -0.1) is 0 Å². The van der Waals surface area contributed by atoms with Crippen LogP contribution in [0.5, 0.6) is 0 Å². The quantitative estimate of drug-likeness (QED) is 0.556. The zero-order valence-corrected chi connectivity index (χ0v) is 13.9. The van der Waals surface area contributed by atoms with E-state index in [2.05, 4.69) is 33.9 Å². The summed E-state index contributed by atoms with van der Waals surface area (Å²) in [5.41, 5.74) is 0. The third-order valence-electron chi connectivity index (χ3n) is 3.99. The number of carbonyl (C=O) groups is 1. The molecule has 4 nitrogen and oxygen atoms in total. The number of rotatable bonds is 6. The van der Waals surface area contributed by atoms with E-state index >= 15 is 0 Å². The molecule has 0 aromatic heterocycles. The molecular formula is C14H28O4Si. The SMILES string of the molecule is CC(C)(C)[Si](C)(C)O[C@H](C=O)CO[C@@H]1CCCCO1. The van der Waals surface area contributed by atoms with Crippen molar-refractivity contribution in [2.45, 2.75) is 70.6 Å². The molecule has 19 heavy (non-hydrogen) atoms. The molecule has 1 heterocycles. The van der Waals surface area contributed by atoms with Gasteiger partial charge in [-0.1, -0.05) is 20.8 Å². The average Bonchev–Trinajstić information content (AvgIpc) is 2.34. The van der Waals surface area contributed by atoms with Gasteiger partial charge in [0.15, 0.2) is 14.6 Å². The number of ether oxygens (including phenoxy) is 2. The van der Waals surface area contributed by atoms with Crippen LogP contribution in [-0.4, -0.2) is 40.2 Å². The molecule has 2 atom stereocenters. The summed E-state index contributed by atoms with van der Waals surface area (Å²) in [7, 11) is -1.93. The van der Waals surface area contributed by atoms with E-state index in [0.717, 1.165) is 32.2 Å². The zero-order chi connectivity index (χ0) is 14.5.